The molecule has 2 aromatic rings. The second-order valence-corrected chi connectivity index (χ2v) is 4.28. The summed E-state index contributed by atoms with van der Waals surface area (Å²) in [5, 5.41) is 18.2. The Morgan fingerprint density at radius 3 is 2.50 bits per heavy atom. The summed E-state index contributed by atoms with van der Waals surface area (Å²) >= 11 is 0.977. The minimum absolute atomic E-state index is 0.0891. The first-order valence-electron chi connectivity index (χ1n) is 4.37. The number of hydrogen-bond acceptors (Lipinski definition) is 4. The first-order valence-corrected chi connectivity index (χ1v) is 5.18. The zero-order valence-electron chi connectivity index (χ0n) is 8.22. The molecule has 2 heterocycles. The van der Waals surface area contributed by atoms with Crippen LogP contribution in [-0.2, 0) is 0 Å². The quantitative estimate of drug-likeness (QED) is 0.834. The molecular weight excluding hydrogens is 230 g/mol. The van der Waals surface area contributed by atoms with Gasteiger partial charge in [0.15, 0.2) is 0 Å². The van der Waals surface area contributed by atoms with Gasteiger partial charge in [0.25, 0.3) is 0 Å². The summed E-state index contributed by atoms with van der Waals surface area (Å²) in [7, 11) is 0. The monoisotopic (exact) mass is 237 g/mol. The number of aromatic carboxylic acids is 2. The third-order valence-corrected chi connectivity index (χ3v) is 3.09. The minimum atomic E-state index is -1.08. The number of pyridine rings is 1. The van der Waals surface area contributed by atoms with E-state index in [0.717, 1.165) is 11.3 Å². The van der Waals surface area contributed by atoms with E-state index in [1.54, 1.807) is 6.92 Å². The average molecular weight is 237 g/mol. The second kappa shape index (κ2) is 3.57. The molecule has 0 radical (unpaired) electrons. The predicted octanol–water partition coefficient (Wildman–Crippen LogP) is 2.00. The van der Waals surface area contributed by atoms with Gasteiger partial charge in [-0.25, -0.2) is 14.6 Å². The van der Waals surface area contributed by atoms with Gasteiger partial charge >= 0.3 is 11.9 Å². The van der Waals surface area contributed by atoms with E-state index in [4.69, 9.17) is 10.2 Å². The van der Waals surface area contributed by atoms with Crippen LogP contribution in [0.25, 0.3) is 10.2 Å². The highest BCUT2D eigenvalue weighted by molar-refractivity contribution is 7.20. The molecule has 0 bridgehead atoms. The highest BCUT2D eigenvalue weighted by Gasteiger charge is 2.16. The Morgan fingerprint density at radius 1 is 1.25 bits per heavy atom. The predicted molar refractivity (Wildman–Crippen MR) is 58.3 cm³/mol. The van der Waals surface area contributed by atoms with Crippen LogP contribution >= 0.6 is 11.3 Å². The van der Waals surface area contributed by atoms with Gasteiger partial charge in [-0.15, -0.1) is 11.3 Å². The lowest BCUT2D eigenvalue weighted by Crippen LogP contribution is -1.98. The van der Waals surface area contributed by atoms with E-state index < -0.39 is 11.9 Å². The molecule has 0 saturated heterocycles. The molecule has 2 rings (SSSR count). The number of carboxylic acids is 2. The maximum absolute atomic E-state index is 11.0. The van der Waals surface area contributed by atoms with Crippen molar-refractivity contribution in [3.63, 3.8) is 0 Å². The summed E-state index contributed by atoms with van der Waals surface area (Å²) in [5.41, 5.74) is 0.648. The number of carboxylic acid groups (broad SMARTS) is 2. The molecule has 5 nitrogen and oxygen atoms in total. The SMILES string of the molecule is Cc1cc(C(=O)O)c2cc(C(=O)O)sc2n1. The lowest BCUT2D eigenvalue weighted by Gasteiger charge is -1.98. The summed E-state index contributed by atoms with van der Waals surface area (Å²) in [6, 6.07) is 2.78. The number of carbonyl (C=O) groups is 2. The number of thiophene rings is 1. The Hall–Kier alpha value is -1.95. The molecule has 0 aliphatic carbocycles. The first kappa shape index (κ1) is 10.6. The largest absolute Gasteiger partial charge is 0.478 e. The number of rotatable bonds is 2. The van der Waals surface area contributed by atoms with E-state index in [1.807, 2.05) is 0 Å². The number of fused-ring (bicyclic) bond motifs is 1. The maximum atomic E-state index is 11.0. The van der Waals surface area contributed by atoms with Crippen LogP contribution in [0.1, 0.15) is 25.7 Å². The van der Waals surface area contributed by atoms with E-state index in [9.17, 15) is 9.59 Å². The molecule has 0 spiro atoms. The number of hydrogen-bond donors (Lipinski definition) is 2. The Morgan fingerprint density at radius 2 is 1.94 bits per heavy atom. The van der Waals surface area contributed by atoms with Gasteiger partial charge in [0.1, 0.15) is 9.71 Å². The molecule has 16 heavy (non-hydrogen) atoms. The Labute approximate surface area is 94.0 Å². The van der Waals surface area contributed by atoms with Crippen molar-refractivity contribution < 1.29 is 19.8 Å². The van der Waals surface area contributed by atoms with Gasteiger partial charge in [-0.3, -0.25) is 0 Å². The molecule has 2 aromatic heterocycles. The number of aromatic nitrogens is 1. The van der Waals surface area contributed by atoms with Crippen LogP contribution in [0.4, 0.5) is 0 Å². The Balaban J connectivity index is 2.80. The summed E-state index contributed by atoms with van der Waals surface area (Å²) in [5.74, 6) is -2.15. The molecule has 2 N–H and O–H groups in total. The summed E-state index contributed by atoms with van der Waals surface area (Å²) in [6.07, 6.45) is 0. The van der Waals surface area contributed by atoms with Crippen molar-refractivity contribution in [3.8, 4) is 0 Å². The van der Waals surface area contributed by atoms with Crippen LogP contribution in [0.3, 0.4) is 0 Å². The van der Waals surface area contributed by atoms with E-state index in [2.05, 4.69) is 4.98 Å². The molecule has 0 aliphatic rings. The van der Waals surface area contributed by atoms with Gasteiger partial charge in [-0.2, -0.15) is 0 Å². The third kappa shape index (κ3) is 1.63. The van der Waals surface area contributed by atoms with Crippen molar-refractivity contribution in [2.75, 3.05) is 0 Å². The summed E-state index contributed by atoms with van der Waals surface area (Å²) in [4.78, 5) is 26.4. The molecule has 0 aromatic carbocycles. The van der Waals surface area contributed by atoms with Crippen molar-refractivity contribution in [1.82, 2.24) is 4.98 Å². The lowest BCUT2D eigenvalue weighted by atomic mass is 10.1. The number of aryl methyl sites for hydroxylation is 1. The van der Waals surface area contributed by atoms with Gasteiger partial charge in [-0.1, -0.05) is 0 Å². The van der Waals surface area contributed by atoms with Crippen LogP contribution in [0.15, 0.2) is 12.1 Å². The highest BCUT2D eigenvalue weighted by atomic mass is 32.1. The van der Waals surface area contributed by atoms with Gasteiger partial charge in [0, 0.05) is 11.1 Å². The van der Waals surface area contributed by atoms with Crippen LogP contribution < -0.4 is 0 Å². The Bertz CT molecular complexity index is 602. The fourth-order valence-electron chi connectivity index (χ4n) is 1.42. The molecule has 0 fully saturated rings. The normalized spacial score (nSPS) is 10.6. The topological polar surface area (TPSA) is 87.5 Å². The van der Waals surface area contributed by atoms with Gasteiger partial charge in [-0.05, 0) is 19.1 Å². The second-order valence-electron chi connectivity index (χ2n) is 3.25. The molecule has 6 heteroatoms. The zero-order valence-corrected chi connectivity index (χ0v) is 9.04. The Kier molecular flexibility index (Phi) is 2.35. The third-order valence-electron chi connectivity index (χ3n) is 2.07. The van der Waals surface area contributed by atoms with E-state index in [-0.39, 0.29) is 10.4 Å². The van der Waals surface area contributed by atoms with Crippen molar-refractivity contribution in [2.24, 2.45) is 0 Å². The molecule has 0 saturated carbocycles. The molecule has 0 unspecified atom stereocenters. The van der Waals surface area contributed by atoms with Crippen molar-refractivity contribution >= 4 is 33.5 Å². The van der Waals surface area contributed by atoms with Crippen LogP contribution in [0, 0.1) is 6.92 Å². The maximum Gasteiger partial charge on any atom is 0.345 e. The molecule has 0 aliphatic heterocycles. The molecule has 0 atom stereocenters. The van der Waals surface area contributed by atoms with E-state index in [0.29, 0.717) is 15.9 Å². The van der Waals surface area contributed by atoms with Crippen molar-refractivity contribution in [3.05, 3.63) is 28.3 Å². The van der Waals surface area contributed by atoms with E-state index in [1.165, 1.54) is 12.1 Å². The smallest absolute Gasteiger partial charge is 0.345 e. The molecule has 82 valence electrons. The van der Waals surface area contributed by atoms with Gasteiger partial charge in [0.05, 0.1) is 5.56 Å². The number of nitrogens with zero attached hydrogens (tertiary/aromatic N) is 1. The fraction of sp³-hybridized carbons (Fsp3) is 0.100. The van der Waals surface area contributed by atoms with Crippen molar-refractivity contribution in [2.45, 2.75) is 6.92 Å². The average Bonchev–Trinajstić information content (AvgIpc) is 2.59. The lowest BCUT2D eigenvalue weighted by molar-refractivity contribution is 0.0688. The van der Waals surface area contributed by atoms with Gasteiger partial charge in [0.2, 0.25) is 0 Å². The van der Waals surface area contributed by atoms with Crippen LogP contribution in [0.5, 0.6) is 0 Å². The minimum Gasteiger partial charge on any atom is -0.478 e. The zero-order chi connectivity index (χ0) is 11.9. The summed E-state index contributed by atoms with van der Waals surface area (Å²) in [6.45, 7) is 1.67. The highest BCUT2D eigenvalue weighted by Crippen LogP contribution is 2.27. The van der Waals surface area contributed by atoms with E-state index >= 15 is 0 Å². The molecular formula is C10H7NO4S. The fourth-order valence-corrected chi connectivity index (χ4v) is 2.36. The summed E-state index contributed by atoms with van der Waals surface area (Å²) < 4.78 is 0. The molecule has 0 amide bonds. The standard InChI is InChI=1S/C10H7NO4S/c1-4-2-6(9(12)13)5-3-7(10(14)15)16-8(5)11-4/h2-3H,1H3,(H,12,13)(H,14,15). The van der Waals surface area contributed by atoms with Crippen LogP contribution in [0.2, 0.25) is 0 Å². The van der Waals surface area contributed by atoms with Gasteiger partial charge < -0.3 is 10.2 Å². The van der Waals surface area contributed by atoms with Crippen LogP contribution in [-0.4, -0.2) is 27.1 Å². The first-order chi connectivity index (χ1) is 7.49. The van der Waals surface area contributed by atoms with Crippen molar-refractivity contribution in [1.29, 1.82) is 0 Å².